The van der Waals surface area contributed by atoms with E-state index < -0.39 is 0 Å². The van der Waals surface area contributed by atoms with Crippen LogP contribution in [0.5, 0.6) is 0 Å². The average Bonchev–Trinajstić information content (AvgIpc) is 2.87. The zero-order valence-corrected chi connectivity index (χ0v) is 12.2. The van der Waals surface area contributed by atoms with Crippen molar-refractivity contribution in [3.05, 3.63) is 0 Å². The molecule has 1 aliphatic rings. The number of hydrogen-bond acceptors (Lipinski definition) is 2. The molecule has 1 rings (SSSR count). The van der Waals surface area contributed by atoms with Crippen LogP contribution in [-0.2, 0) is 9.53 Å². The molecule has 0 spiro atoms. The van der Waals surface area contributed by atoms with Crippen molar-refractivity contribution in [2.24, 2.45) is 5.92 Å². The summed E-state index contributed by atoms with van der Waals surface area (Å²) in [6, 6.07) is 0. The van der Waals surface area contributed by atoms with Crippen molar-refractivity contribution in [2.45, 2.75) is 90.6 Å². The van der Waals surface area contributed by atoms with Gasteiger partial charge in [-0.15, -0.1) is 0 Å². The highest BCUT2D eigenvalue weighted by Crippen LogP contribution is 2.29. The molecule has 0 aromatic rings. The first-order valence-electron chi connectivity index (χ1n) is 7.93. The molecule has 1 atom stereocenters. The van der Waals surface area contributed by atoms with Gasteiger partial charge in [0.2, 0.25) is 0 Å². The third kappa shape index (κ3) is 6.42. The van der Waals surface area contributed by atoms with Crippen LogP contribution in [0.2, 0.25) is 0 Å². The van der Waals surface area contributed by atoms with E-state index in [1.807, 2.05) is 0 Å². The van der Waals surface area contributed by atoms with Gasteiger partial charge in [-0.2, -0.15) is 0 Å². The van der Waals surface area contributed by atoms with Gasteiger partial charge in [0.25, 0.3) is 0 Å². The fourth-order valence-corrected chi connectivity index (χ4v) is 2.84. The van der Waals surface area contributed by atoms with Gasteiger partial charge in [0.15, 0.2) is 0 Å². The number of esters is 1. The Balaban J connectivity index is 1.99. The van der Waals surface area contributed by atoms with Crippen molar-refractivity contribution in [3.63, 3.8) is 0 Å². The lowest BCUT2D eigenvalue weighted by molar-refractivity contribution is -0.150. The molecular formula is C16H30O2. The predicted molar refractivity (Wildman–Crippen MR) is 75.5 cm³/mol. The Morgan fingerprint density at radius 1 is 1.11 bits per heavy atom. The van der Waals surface area contributed by atoms with Gasteiger partial charge in [0.1, 0.15) is 6.10 Å². The molecule has 0 bridgehead atoms. The van der Waals surface area contributed by atoms with Gasteiger partial charge in [-0.25, -0.2) is 0 Å². The summed E-state index contributed by atoms with van der Waals surface area (Å²) >= 11 is 0. The fraction of sp³-hybridized carbons (Fsp3) is 0.938. The topological polar surface area (TPSA) is 26.3 Å². The van der Waals surface area contributed by atoms with E-state index in [0.29, 0.717) is 12.3 Å². The van der Waals surface area contributed by atoms with Crippen LogP contribution in [0.15, 0.2) is 0 Å². The lowest BCUT2D eigenvalue weighted by atomic mass is 10.0. The smallest absolute Gasteiger partial charge is 0.306 e. The Kier molecular flexibility index (Phi) is 8.11. The summed E-state index contributed by atoms with van der Waals surface area (Å²) in [5.41, 5.74) is 0. The van der Waals surface area contributed by atoms with Gasteiger partial charge in [-0.3, -0.25) is 4.79 Å². The molecule has 0 aromatic carbocycles. The SMILES string of the molecule is CCCCCCCCC(=O)OC(C)C1CCCC1. The van der Waals surface area contributed by atoms with Crippen molar-refractivity contribution in [3.8, 4) is 0 Å². The van der Waals surface area contributed by atoms with Gasteiger partial charge in [-0.1, -0.05) is 51.9 Å². The summed E-state index contributed by atoms with van der Waals surface area (Å²) in [6.07, 6.45) is 13.2. The number of carbonyl (C=O) groups excluding carboxylic acids is 1. The van der Waals surface area contributed by atoms with E-state index in [-0.39, 0.29) is 12.1 Å². The van der Waals surface area contributed by atoms with Crippen LogP contribution >= 0.6 is 0 Å². The molecule has 0 aliphatic heterocycles. The Hall–Kier alpha value is -0.530. The van der Waals surface area contributed by atoms with Crippen LogP contribution in [0.4, 0.5) is 0 Å². The van der Waals surface area contributed by atoms with E-state index in [1.54, 1.807) is 0 Å². The maximum absolute atomic E-state index is 11.7. The second-order valence-corrected chi connectivity index (χ2v) is 5.76. The van der Waals surface area contributed by atoms with Crippen LogP contribution < -0.4 is 0 Å². The standard InChI is InChI=1S/C16H30O2/c1-3-4-5-6-7-8-13-16(17)18-14(2)15-11-9-10-12-15/h14-15H,3-13H2,1-2H3. The van der Waals surface area contributed by atoms with E-state index >= 15 is 0 Å². The zero-order chi connectivity index (χ0) is 13.2. The molecule has 0 heterocycles. The fourth-order valence-electron chi connectivity index (χ4n) is 2.84. The quantitative estimate of drug-likeness (QED) is 0.434. The van der Waals surface area contributed by atoms with Gasteiger partial charge >= 0.3 is 5.97 Å². The Morgan fingerprint density at radius 2 is 1.72 bits per heavy atom. The minimum absolute atomic E-state index is 0.0184. The van der Waals surface area contributed by atoms with Crippen LogP contribution in [0.1, 0.15) is 84.5 Å². The minimum Gasteiger partial charge on any atom is -0.462 e. The monoisotopic (exact) mass is 254 g/mol. The number of rotatable bonds is 9. The third-order valence-corrected chi connectivity index (χ3v) is 4.12. The van der Waals surface area contributed by atoms with Crippen molar-refractivity contribution >= 4 is 5.97 Å². The second-order valence-electron chi connectivity index (χ2n) is 5.76. The van der Waals surface area contributed by atoms with E-state index in [2.05, 4.69) is 13.8 Å². The lowest BCUT2D eigenvalue weighted by Gasteiger charge is -2.19. The molecule has 0 amide bonds. The molecule has 2 heteroatoms. The highest BCUT2D eigenvalue weighted by atomic mass is 16.5. The second kappa shape index (κ2) is 9.41. The largest absolute Gasteiger partial charge is 0.462 e. The molecule has 1 fully saturated rings. The summed E-state index contributed by atoms with van der Waals surface area (Å²) < 4.78 is 5.52. The third-order valence-electron chi connectivity index (χ3n) is 4.12. The molecule has 0 radical (unpaired) electrons. The molecule has 1 aliphatic carbocycles. The van der Waals surface area contributed by atoms with Crippen LogP contribution in [0.3, 0.4) is 0 Å². The molecule has 106 valence electrons. The van der Waals surface area contributed by atoms with E-state index in [4.69, 9.17) is 4.74 Å². The lowest BCUT2D eigenvalue weighted by Crippen LogP contribution is -2.22. The van der Waals surface area contributed by atoms with Crippen molar-refractivity contribution in [2.75, 3.05) is 0 Å². The molecule has 1 unspecified atom stereocenters. The molecule has 2 nitrogen and oxygen atoms in total. The summed E-state index contributed by atoms with van der Waals surface area (Å²) in [7, 11) is 0. The molecule has 1 saturated carbocycles. The average molecular weight is 254 g/mol. The maximum atomic E-state index is 11.7. The van der Waals surface area contributed by atoms with Crippen molar-refractivity contribution in [1.82, 2.24) is 0 Å². The van der Waals surface area contributed by atoms with Crippen molar-refractivity contribution < 1.29 is 9.53 Å². The Bertz CT molecular complexity index is 219. The summed E-state index contributed by atoms with van der Waals surface area (Å²) in [4.78, 5) is 11.7. The van der Waals surface area contributed by atoms with E-state index in [0.717, 1.165) is 6.42 Å². The molecule has 0 N–H and O–H groups in total. The predicted octanol–water partition coefficient (Wildman–Crippen LogP) is 4.86. The van der Waals surface area contributed by atoms with Gasteiger partial charge in [0.05, 0.1) is 0 Å². The normalized spacial score (nSPS) is 17.9. The first-order chi connectivity index (χ1) is 8.74. The summed E-state index contributed by atoms with van der Waals surface area (Å²) in [6.45, 7) is 4.29. The first kappa shape index (κ1) is 15.5. The summed E-state index contributed by atoms with van der Waals surface area (Å²) in [5, 5.41) is 0. The molecular weight excluding hydrogens is 224 g/mol. The summed E-state index contributed by atoms with van der Waals surface area (Å²) in [5.74, 6) is 0.642. The molecule has 18 heavy (non-hydrogen) atoms. The van der Waals surface area contributed by atoms with Crippen LogP contribution in [0, 0.1) is 5.92 Å². The maximum Gasteiger partial charge on any atom is 0.306 e. The van der Waals surface area contributed by atoms with Crippen LogP contribution in [-0.4, -0.2) is 12.1 Å². The first-order valence-corrected chi connectivity index (χ1v) is 7.93. The van der Waals surface area contributed by atoms with Crippen LogP contribution in [0.25, 0.3) is 0 Å². The van der Waals surface area contributed by atoms with E-state index in [1.165, 1.54) is 57.8 Å². The molecule has 0 saturated heterocycles. The number of hydrogen-bond donors (Lipinski definition) is 0. The van der Waals surface area contributed by atoms with Crippen molar-refractivity contribution in [1.29, 1.82) is 0 Å². The Morgan fingerprint density at radius 3 is 2.39 bits per heavy atom. The minimum atomic E-state index is 0.0184. The zero-order valence-electron chi connectivity index (χ0n) is 12.2. The van der Waals surface area contributed by atoms with Gasteiger partial charge in [-0.05, 0) is 32.1 Å². The van der Waals surface area contributed by atoms with Gasteiger partial charge < -0.3 is 4.74 Å². The number of carbonyl (C=O) groups is 1. The Labute approximate surface area is 112 Å². The highest BCUT2D eigenvalue weighted by Gasteiger charge is 2.24. The molecule has 0 aromatic heterocycles. The van der Waals surface area contributed by atoms with Gasteiger partial charge in [0, 0.05) is 6.42 Å². The number of unbranched alkanes of at least 4 members (excludes halogenated alkanes) is 5. The van der Waals surface area contributed by atoms with E-state index in [9.17, 15) is 4.79 Å². The number of ether oxygens (including phenoxy) is 1. The highest BCUT2D eigenvalue weighted by molar-refractivity contribution is 5.69.